The summed E-state index contributed by atoms with van der Waals surface area (Å²) in [5.41, 5.74) is 3.20. The van der Waals surface area contributed by atoms with Crippen LogP contribution in [0.4, 0.5) is 4.79 Å². The molecule has 0 aliphatic carbocycles. The van der Waals surface area contributed by atoms with Gasteiger partial charge in [-0.3, -0.25) is 4.79 Å². The van der Waals surface area contributed by atoms with Crippen molar-refractivity contribution < 1.29 is 19.8 Å². The molecule has 0 fully saturated rings. The molecule has 150 valence electrons. The van der Waals surface area contributed by atoms with Crippen LogP contribution in [0.15, 0.2) is 54.6 Å². The van der Waals surface area contributed by atoms with Crippen LogP contribution in [-0.4, -0.2) is 40.9 Å². The number of aliphatic hydroxyl groups is 1. The van der Waals surface area contributed by atoms with Gasteiger partial charge < -0.3 is 20.8 Å². The number of nitrogens with one attached hydrogen (secondary N) is 2. The molecule has 0 aliphatic heterocycles. The van der Waals surface area contributed by atoms with Crippen LogP contribution in [0.2, 0.25) is 0 Å². The predicted octanol–water partition coefficient (Wildman–Crippen LogP) is 2.67. The number of hydrogen-bond acceptors (Lipinski definition) is 3. The third-order valence-corrected chi connectivity index (χ3v) is 4.53. The lowest BCUT2D eigenvalue weighted by molar-refractivity contribution is -0.137. The van der Waals surface area contributed by atoms with E-state index in [0.29, 0.717) is 19.3 Å². The largest absolute Gasteiger partial charge is 0.481 e. The minimum atomic E-state index is -0.895. The van der Waals surface area contributed by atoms with Crippen molar-refractivity contribution in [2.45, 2.75) is 44.7 Å². The standard InChI is InChI=1S/C22H28N2O4/c1-16-7-9-18(10-8-16)14-20(15-25)24-22(28)23-19(11-12-21(26)27)13-17-5-3-2-4-6-17/h2-10,19-20,25H,11-15H2,1H3,(H,26,27)(H2,23,24,28). The summed E-state index contributed by atoms with van der Waals surface area (Å²) in [5, 5.41) is 24.2. The lowest BCUT2D eigenvalue weighted by Gasteiger charge is -2.22. The number of carboxylic acid groups (broad SMARTS) is 1. The molecule has 0 saturated carbocycles. The number of hydrogen-bond donors (Lipinski definition) is 4. The molecule has 4 N–H and O–H groups in total. The van der Waals surface area contributed by atoms with Crippen LogP contribution in [0.25, 0.3) is 0 Å². The molecule has 2 amide bonds. The Morgan fingerprint density at radius 2 is 1.46 bits per heavy atom. The van der Waals surface area contributed by atoms with Crippen molar-refractivity contribution in [1.29, 1.82) is 0 Å². The Morgan fingerprint density at radius 3 is 2.07 bits per heavy atom. The Hall–Kier alpha value is -2.86. The summed E-state index contributed by atoms with van der Waals surface area (Å²) in [6.45, 7) is 1.82. The first kappa shape index (κ1) is 21.4. The molecule has 0 spiro atoms. The molecule has 2 rings (SSSR count). The van der Waals surface area contributed by atoms with E-state index in [9.17, 15) is 14.7 Å². The van der Waals surface area contributed by atoms with Gasteiger partial charge in [0.2, 0.25) is 0 Å². The zero-order valence-electron chi connectivity index (χ0n) is 16.1. The maximum atomic E-state index is 12.4. The maximum Gasteiger partial charge on any atom is 0.315 e. The summed E-state index contributed by atoms with van der Waals surface area (Å²) in [4.78, 5) is 23.4. The summed E-state index contributed by atoms with van der Waals surface area (Å²) in [7, 11) is 0. The van der Waals surface area contributed by atoms with E-state index >= 15 is 0 Å². The van der Waals surface area contributed by atoms with Gasteiger partial charge in [-0.2, -0.15) is 0 Å². The smallest absolute Gasteiger partial charge is 0.315 e. The number of aliphatic carboxylic acids is 1. The number of amides is 2. The van der Waals surface area contributed by atoms with E-state index in [4.69, 9.17) is 5.11 Å². The minimum Gasteiger partial charge on any atom is -0.481 e. The molecule has 0 saturated heterocycles. The number of urea groups is 1. The number of rotatable bonds is 10. The number of benzene rings is 2. The van der Waals surface area contributed by atoms with Gasteiger partial charge in [0, 0.05) is 12.5 Å². The van der Waals surface area contributed by atoms with Gasteiger partial charge in [0.15, 0.2) is 0 Å². The number of carbonyl (C=O) groups excluding carboxylic acids is 1. The van der Waals surface area contributed by atoms with Crippen molar-refractivity contribution in [3.63, 3.8) is 0 Å². The molecule has 6 heteroatoms. The number of carbonyl (C=O) groups is 2. The van der Waals surface area contributed by atoms with Crippen molar-refractivity contribution >= 4 is 12.0 Å². The van der Waals surface area contributed by atoms with E-state index in [1.807, 2.05) is 61.5 Å². The Morgan fingerprint density at radius 1 is 0.893 bits per heavy atom. The molecule has 0 radical (unpaired) electrons. The fourth-order valence-electron chi connectivity index (χ4n) is 3.00. The Labute approximate surface area is 165 Å². The highest BCUT2D eigenvalue weighted by atomic mass is 16.4. The maximum absolute atomic E-state index is 12.4. The summed E-state index contributed by atoms with van der Waals surface area (Å²) < 4.78 is 0. The molecular formula is C22H28N2O4. The molecular weight excluding hydrogens is 356 g/mol. The third kappa shape index (κ3) is 7.80. The van der Waals surface area contributed by atoms with Gasteiger partial charge in [-0.25, -0.2) is 4.79 Å². The van der Waals surface area contributed by atoms with Crippen molar-refractivity contribution in [3.05, 3.63) is 71.3 Å². The van der Waals surface area contributed by atoms with E-state index in [-0.39, 0.29) is 19.1 Å². The first-order valence-corrected chi connectivity index (χ1v) is 9.45. The lowest BCUT2D eigenvalue weighted by Crippen LogP contribution is -2.48. The normalized spacial score (nSPS) is 12.8. The summed E-state index contributed by atoms with van der Waals surface area (Å²) in [5.74, 6) is -0.895. The highest BCUT2D eigenvalue weighted by Gasteiger charge is 2.17. The molecule has 2 aromatic carbocycles. The monoisotopic (exact) mass is 384 g/mol. The van der Waals surface area contributed by atoms with Gasteiger partial charge in [0.05, 0.1) is 12.6 Å². The first-order valence-electron chi connectivity index (χ1n) is 9.45. The molecule has 0 aromatic heterocycles. The lowest BCUT2D eigenvalue weighted by atomic mass is 10.0. The first-order chi connectivity index (χ1) is 13.5. The SMILES string of the molecule is Cc1ccc(CC(CO)NC(=O)NC(CCC(=O)O)Cc2ccccc2)cc1. The molecule has 28 heavy (non-hydrogen) atoms. The zero-order chi connectivity index (χ0) is 20.4. The van der Waals surface area contributed by atoms with Crippen LogP contribution in [0, 0.1) is 6.92 Å². The third-order valence-electron chi connectivity index (χ3n) is 4.53. The van der Waals surface area contributed by atoms with Gasteiger partial charge in [0.25, 0.3) is 0 Å². The summed E-state index contributed by atoms with van der Waals surface area (Å²) in [6.07, 6.45) is 1.37. The second kappa shape index (κ2) is 11.1. The fraction of sp³-hybridized carbons (Fsp3) is 0.364. The van der Waals surface area contributed by atoms with Crippen LogP contribution in [0.1, 0.15) is 29.5 Å². The van der Waals surface area contributed by atoms with Gasteiger partial charge in [0.1, 0.15) is 0 Å². The van der Waals surface area contributed by atoms with Crippen LogP contribution in [0.3, 0.4) is 0 Å². The van der Waals surface area contributed by atoms with E-state index in [2.05, 4.69) is 10.6 Å². The van der Waals surface area contributed by atoms with E-state index < -0.39 is 18.0 Å². The second-order valence-electron chi connectivity index (χ2n) is 7.01. The van der Waals surface area contributed by atoms with E-state index in [0.717, 1.165) is 16.7 Å². The topological polar surface area (TPSA) is 98.7 Å². The predicted molar refractivity (Wildman–Crippen MR) is 108 cm³/mol. The molecule has 0 heterocycles. The molecule has 2 atom stereocenters. The van der Waals surface area contributed by atoms with Crippen molar-refractivity contribution in [2.24, 2.45) is 0 Å². The van der Waals surface area contributed by atoms with Crippen LogP contribution in [0.5, 0.6) is 0 Å². The second-order valence-corrected chi connectivity index (χ2v) is 7.01. The number of carboxylic acids is 1. The Balaban J connectivity index is 1.93. The zero-order valence-corrected chi connectivity index (χ0v) is 16.1. The van der Waals surface area contributed by atoms with Crippen molar-refractivity contribution in [1.82, 2.24) is 10.6 Å². The van der Waals surface area contributed by atoms with E-state index in [1.165, 1.54) is 0 Å². The molecule has 2 unspecified atom stereocenters. The minimum absolute atomic E-state index is 0.0232. The van der Waals surface area contributed by atoms with Crippen LogP contribution in [-0.2, 0) is 17.6 Å². The fourth-order valence-corrected chi connectivity index (χ4v) is 3.00. The van der Waals surface area contributed by atoms with Crippen LogP contribution >= 0.6 is 0 Å². The average Bonchev–Trinajstić information content (AvgIpc) is 2.68. The number of aryl methyl sites for hydroxylation is 1. The molecule has 0 aliphatic rings. The van der Waals surface area contributed by atoms with Crippen molar-refractivity contribution in [2.75, 3.05) is 6.61 Å². The van der Waals surface area contributed by atoms with Gasteiger partial charge in [-0.1, -0.05) is 60.2 Å². The van der Waals surface area contributed by atoms with Gasteiger partial charge in [-0.15, -0.1) is 0 Å². The quantitative estimate of drug-likeness (QED) is 0.506. The van der Waals surface area contributed by atoms with E-state index in [1.54, 1.807) is 0 Å². The Kier molecular flexibility index (Phi) is 8.49. The molecule has 0 bridgehead atoms. The summed E-state index contributed by atoms with van der Waals surface area (Å²) in [6, 6.07) is 16.4. The molecule has 2 aromatic rings. The molecule has 6 nitrogen and oxygen atoms in total. The average molecular weight is 384 g/mol. The number of aliphatic hydroxyl groups excluding tert-OH is 1. The summed E-state index contributed by atoms with van der Waals surface area (Å²) >= 11 is 0. The Bertz CT molecular complexity index is 747. The van der Waals surface area contributed by atoms with Gasteiger partial charge in [-0.05, 0) is 37.3 Å². The van der Waals surface area contributed by atoms with Crippen LogP contribution < -0.4 is 10.6 Å². The highest BCUT2D eigenvalue weighted by Crippen LogP contribution is 2.09. The van der Waals surface area contributed by atoms with Crippen molar-refractivity contribution in [3.8, 4) is 0 Å². The highest BCUT2D eigenvalue weighted by molar-refractivity contribution is 5.75. The van der Waals surface area contributed by atoms with Gasteiger partial charge >= 0.3 is 12.0 Å².